The van der Waals surface area contributed by atoms with Gasteiger partial charge in [0.15, 0.2) is 11.5 Å². The van der Waals surface area contributed by atoms with Crippen LogP contribution in [0.1, 0.15) is 29.7 Å². The Hall–Kier alpha value is -2.87. The van der Waals surface area contributed by atoms with Crippen LogP contribution >= 0.6 is 0 Å². The van der Waals surface area contributed by atoms with Gasteiger partial charge < -0.3 is 9.47 Å². The highest BCUT2D eigenvalue weighted by atomic mass is 32.2. The first-order valence-corrected chi connectivity index (χ1v) is 12.5. The SMILES string of the molecule is COc1cc2c(cc1OC)[C@H]([C@@H](C)NS(=O)(=O)c1ccccc1)N(Cc1ccccc1)CC2. The molecular weight excluding hydrogens is 436 g/mol. The first-order chi connectivity index (χ1) is 15.9. The van der Waals surface area contributed by atoms with E-state index >= 15 is 0 Å². The van der Waals surface area contributed by atoms with Crippen molar-refractivity contribution in [1.29, 1.82) is 0 Å². The predicted molar refractivity (Wildman–Crippen MR) is 129 cm³/mol. The highest BCUT2D eigenvalue weighted by molar-refractivity contribution is 7.89. The van der Waals surface area contributed by atoms with Crippen molar-refractivity contribution in [2.24, 2.45) is 0 Å². The van der Waals surface area contributed by atoms with Crippen LogP contribution in [0, 0.1) is 0 Å². The van der Waals surface area contributed by atoms with Gasteiger partial charge in [0.25, 0.3) is 0 Å². The van der Waals surface area contributed by atoms with E-state index in [9.17, 15) is 8.42 Å². The smallest absolute Gasteiger partial charge is 0.240 e. The monoisotopic (exact) mass is 466 g/mol. The standard InChI is InChI=1S/C26H30N2O4S/c1-19(27-33(29,30)22-12-8-5-9-13-22)26-23-17-25(32-3)24(31-2)16-21(23)14-15-28(26)18-20-10-6-4-7-11-20/h4-13,16-17,19,26-27H,14-15,18H2,1-3H3/t19-,26+/m1/s1. The van der Waals surface area contributed by atoms with Crippen LogP contribution in [0.25, 0.3) is 0 Å². The zero-order chi connectivity index (χ0) is 23.4. The van der Waals surface area contributed by atoms with Crippen LogP contribution in [0.2, 0.25) is 0 Å². The molecule has 0 bridgehead atoms. The molecule has 3 aromatic rings. The molecule has 3 aromatic carbocycles. The van der Waals surface area contributed by atoms with Crippen molar-refractivity contribution < 1.29 is 17.9 Å². The second kappa shape index (κ2) is 9.95. The maximum atomic E-state index is 13.1. The van der Waals surface area contributed by atoms with Gasteiger partial charge in [-0.1, -0.05) is 48.5 Å². The summed E-state index contributed by atoms with van der Waals surface area (Å²) in [4.78, 5) is 2.59. The number of methoxy groups -OCH3 is 2. The van der Waals surface area contributed by atoms with Crippen LogP contribution in [-0.2, 0) is 23.0 Å². The molecule has 0 aliphatic carbocycles. The van der Waals surface area contributed by atoms with Crippen molar-refractivity contribution in [3.63, 3.8) is 0 Å². The van der Waals surface area contributed by atoms with E-state index in [0.29, 0.717) is 11.5 Å². The first-order valence-electron chi connectivity index (χ1n) is 11.0. The summed E-state index contributed by atoms with van der Waals surface area (Å²) in [5.41, 5.74) is 3.38. The normalized spacial score (nSPS) is 17.2. The summed E-state index contributed by atoms with van der Waals surface area (Å²) in [6, 6.07) is 22.2. The minimum Gasteiger partial charge on any atom is -0.493 e. The zero-order valence-corrected chi connectivity index (χ0v) is 20.0. The Bertz CT molecular complexity index is 1180. The zero-order valence-electron chi connectivity index (χ0n) is 19.2. The summed E-state index contributed by atoms with van der Waals surface area (Å²) in [5, 5.41) is 0. The Kier molecular flexibility index (Phi) is 7.02. The lowest BCUT2D eigenvalue weighted by molar-refractivity contribution is 0.150. The van der Waals surface area contributed by atoms with Crippen molar-refractivity contribution >= 4 is 10.0 Å². The van der Waals surface area contributed by atoms with Crippen LogP contribution in [0.15, 0.2) is 77.7 Å². The second-order valence-electron chi connectivity index (χ2n) is 8.28. The number of ether oxygens (including phenoxy) is 2. The third-order valence-corrected chi connectivity index (χ3v) is 7.70. The molecule has 1 aliphatic heterocycles. The molecule has 0 unspecified atom stereocenters. The van der Waals surface area contributed by atoms with Crippen LogP contribution in [0.4, 0.5) is 0 Å². The molecule has 1 N–H and O–H groups in total. The number of hydrogen-bond donors (Lipinski definition) is 1. The van der Waals surface area contributed by atoms with E-state index in [0.717, 1.165) is 30.6 Å². The van der Waals surface area contributed by atoms with Crippen molar-refractivity contribution in [3.8, 4) is 11.5 Å². The number of nitrogens with one attached hydrogen (secondary N) is 1. The number of nitrogens with zero attached hydrogens (tertiary/aromatic N) is 1. The van der Waals surface area contributed by atoms with Gasteiger partial charge in [-0.2, -0.15) is 0 Å². The average Bonchev–Trinajstić information content (AvgIpc) is 2.83. The van der Waals surface area contributed by atoms with E-state index in [-0.39, 0.29) is 17.0 Å². The lowest BCUT2D eigenvalue weighted by Gasteiger charge is -2.41. The van der Waals surface area contributed by atoms with E-state index in [2.05, 4.69) is 21.8 Å². The van der Waals surface area contributed by atoms with E-state index in [1.165, 1.54) is 5.56 Å². The molecule has 2 atom stereocenters. The fourth-order valence-electron chi connectivity index (χ4n) is 4.59. The van der Waals surface area contributed by atoms with Gasteiger partial charge in [-0.3, -0.25) is 4.90 Å². The Labute approximate surface area is 196 Å². The van der Waals surface area contributed by atoms with E-state index < -0.39 is 10.0 Å². The summed E-state index contributed by atoms with van der Waals surface area (Å²) in [6.07, 6.45) is 0.844. The topological polar surface area (TPSA) is 67.9 Å². The third-order valence-electron chi connectivity index (χ3n) is 6.12. The van der Waals surface area contributed by atoms with Gasteiger partial charge in [0.1, 0.15) is 0 Å². The van der Waals surface area contributed by atoms with Gasteiger partial charge in [-0.15, -0.1) is 0 Å². The molecule has 0 fully saturated rings. The molecular formula is C26H30N2O4S. The van der Waals surface area contributed by atoms with E-state index in [1.807, 2.05) is 37.3 Å². The fraction of sp³-hybridized carbons (Fsp3) is 0.308. The van der Waals surface area contributed by atoms with Crippen LogP contribution in [0.3, 0.4) is 0 Å². The Balaban J connectivity index is 1.72. The fourth-order valence-corrected chi connectivity index (χ4v) is 5.86. The minimum absolute atomic E-state index is 0.174. The van der Waals surface area contributed by atoms with Crippen molar-refractivity contribution in [1.82, 2.24) is 9.62 Å². The largest absolute Gasteiger partial charge is 0.493 e. The van der Waals surface area contributed by atoms with Crippen LogP contribution < -0.4 is 14.2 Å². The second-order valence-corrected chi connectivity index (χ2v) is 9.99. The Morgan fingerprint density at radius 1 is 0.970 bits per heavy atom. The van der Waals surface area contributed by atoms with Gasteiger partial charge in [-0.25, -0.2) is 13.1 Å². The van der Waals surface area contributed by atoms with Crippen molar-refractivity contribution in [2.45, 2.75) is 36.9 Å². The molecule has 0 spiro atoms. The van der Waals surface area contributed by atoms with Gasteiger partial charge in [-0.05, 0) is 54.3 Å². The number of hydrogen-bond acceptors (Lipinski definition) is 5. The Morgan fingerprint density at radius 3 is 2.21 bits per heavy atom. The molecule has 0 amide bonds. The molecule has 33 heavy (non-hydrogen) atoms. The van der Waals surface area contributed by atoms with Gasteiger partial charge in [0.05, 0.1) is 25.2 Å². The molecule has 7 heteroatoms. The summed E-state index contributed by atoms with van der Waals surface area (Å²) in [5.74, 6) is 1.32. The first kappa shape index (κ1) is 23.3. The molecule has 1 heterocycles. The number of benzene rings is 3. The van der Waals surface area contributed by atoms with Crippen molar-refractivity contribution in [3.05, 3.63) is 89.5 Å². The summed E-state index contributed by atoms with van der Waals surface area (Å²) < 4.78 is 40.2. The maximum absolute atomic E-state index is 13.1. The summed E-state index contributed by atoms with van der Waals surface area (Å²) in [7, 11) is -0.425. The quantitative estimate of drug-likeness (QED) is 0.540. The minimum atomic E-state index is -3.67. The number of rotatable bonds is 8. The van der Waals surface area contributed by atoms with Crippen molar-refractivity contribution in [2.75, 3.05) is 20.8 Å². The van der Waals surface area contributed by atoms with Gasteiger partial charge >= 0.3 is 0 Å². The third kappa shape index (κ3) is 5.05. The molecule has 174 valence electrons. The highest BCUT2D eigenvalue weighted by Gasteiger charge is 2.35. The molecule has 0 aromatic heterocycles. The van der Waals surface area contributed by atoms with Gasteiger partial charge in [0, 0.05) is 19.1 Å². The Morgan fingerprint density at radius 2 is 1.58 bits per heavy atom. The number of fused-ring (bicyclic) bond motifs is 1. The predicted octanol–water partition coefficient (Wildman–Crippen LogP) is 4.17. The lowest BCUT2D eigenvalue weighted by Crippen LogP contribution is -2.47. The maximum Gasteiger partial charge on any atom is 0.240 e. The summed E-state index contributed by atoms with van der Waals surface area (Å²) in [6.45, 7) is 3.45. The highest BCUT2D eigenvalue weighted by Crippen LogP contribution is 2.40. The molecule has 0 radical (unpaired) electrons. The summed E-state index contributed by atoms with van der Waals surface area (Å²) >= 11 is 0. The molecule has 0 saturated carbocycles. The number of sulfonamides is 1. The average molecular weight is 467 g/mol. The van der Waals surface area contributed by atoms with E-state index in [1.54, 1.807) is 44.6 Å². The molecule has 0 saturated heterocycles. The van der Waals surface area contributed by atoms with Crippen LogP contribution in [0.5, 0.6) is 11.5 Å². The lowest BCUT2D eigenvalue weighted by atomic mass is 9.88. The van der Waals surface area contributed by atoms with E-state index in [4.69, 9.17) is 9.47 Å². The molecule has 1 aliphatic rings. The molecule has 4 rings (SSSR count). The molecule has 6 nitrogen and oxygen atoms in total. The van der Waals surface area contributed by atoms with Gasteiger partial charge in [0.2, 0.25) is 10.0 Å². The van der Waals surface area contributed by atoms with Crippen LogP contribution in [-0.4, -0.2) is 40.1 Å².